The number of ether oxygens (including phenoxy) is 1. The molecule has 1 saturated heterocycles. The number of esters is 1. The fourth-order valence-corrected chi connectivity index (χ4v) is 5.50. The zero-order valence-corrected chi connectivity index (χ0v) is 16.3. The molecule has 0 radical (unpaired) electrons. The molecule has 1 aliphatic heterocycles. The van der Waals surface area contributed by atoms with Gasteiger partial charge in [0, 0.05) is 0 Å². The lowest BCUT2D eigenvalue weighted by Crippen LogP contribution is -2.21. The number of hydrogen-bond donors (Lipinski definition) is 1. The highest BCUT2D eigenvalue weighted by Crippen LogP contribution is 2.43. The second-order valence-electron chi connectivity index (χ2n) is 5.65. The number of para-hydroxylation sites is 1. The van der Waals surface area contributed by atoms with Gasteiger partial charge in [0.25, 0.3) is 5.91 Å². The minimum Gasteiger partial charge on any atom is -0.452 e. The molecule has 2 aromatic rings. The van der Waals surface area contributed by atoms with Gasteiger partial charge in [0.15, 0.2) is 6.61 Å². The fraction of sp³-hybridized carbons (Fsp3) is 0.263. The highest BCUT2D eigenvalue weighted by molar-refractivity contribution is 8.16. The van der Waals surface area contributed by atoms with Gasteiger partial charge in [-0.1, -0.05) is 35.9 Å². The summed E-state index contributed by atoms with van der Waals surface area (Å²) in [5.74, 6) is 1.39. The average Bonchev–Trinajstić information content (AvgIpc) is 2.69. The van der Waals surface area contributed by atoms with Gasteiger partial charge in [-0.05, 0) is 47.8 Å². The minimum absolute atomic E-state index is 0.361. The number of thioether (sulfide) groups is 2. The molecule has 1 N–H and O–H groups in total. The van der Waals surface area contributed by atoms with Crippen LogP contribution in [0.3, 0.4) is 0 Å². The quantitative estimate of drug-likeness (QED) is 0.706. The third-order valence-electron chi connectivity index (χ3n) is 3.73. The van der Waals surface area contributed by atoms with Crippen molar-refractivity contribution >= 4 is 52.7 Å². The number of carbonyl (C=O) groups excluding carboxylic acids is 2. The van der Waals surface area contributed by atoms with Crippen molar-refractivity contribution in [3.8, 4) is 0 Å². The molecule has 26 heavy (non-hydrogen) atoms. The number of carbonyl (C=O) groups is 2. The predicted octanol–water partition coefficient (Wildman–Crippen LogP) is 5.00. The van der Waals surface area contributed by atoms with Gasteiger partial charge in [0.1, 0.15) is 0 Å². The van der Waals surface area contributed by atoms with Crippen molar-refractivity contribution in [2.24, 2.45) is 0 Å². The number of hydrogen-bond acceptors (Lipinski definition) is 5. The summed E-state index contributed by atoms with van der Waals surface area (Å²) in [4.78, 5) is 24.0. The van der Waals surface area contributed by atoms with Gasteiger partial charge >= 0.3 is 5.97 Å². The average molecular weight is 408 g/mol. The molecular weight excluding hydrogens is 390 g/mol. The van der Waals surface area contributed by atoms with Crippen LogP contribution in [0.1, 0.15) is 26.9 Å². The van der Waals surface area contributed by atoms with Crippen LogP contribution < -0.4 is 5.32 Å². The smallest absolute Gasteiger partial charge is 0.338 e. The molecule has 0 unspecified atom stereocenters. The Morgan fingerprint density at radius 1 is 1.08 bits per heavy atom. The van der Waals surface area contributed by atoms with Crippen molar-refractivity contribution in [1.82, 2.24) is 0 Å². The lowest BCUT2D eigenvalue weighted by atomic mass is 10.1. The van der Waals surface area contributed by atoms with Gasteiger partial charge < -0.3 is 10.1 Å². The summed E-state index contributed by atoms with van der Waals surface area (Å²) < 4.78 is 5.51. The van der Waals surface area contributed by atoms with Crippen LogP contribution in [0.25, 0.3) is 0 Å². The van der Waals surface area contributed by atoms with Gasteiger partial charge in [-0.15, -0.1) is 23.5 Å². The summed E-state index contributed by atoms with van der Waals surface area (Å²) in [6, 6.07) is 14.3. The summed E-state index contributed by atoms with van der Waals surface area (Å²) in [6.45, 7) is -0.361. The van der Waals surface area contributed by atoms with Gasteiger partial charge in [-0.3, -0.25) is 4.79 Å². The number of amides is 1. The first-order chi connectivity index (χ1) is 12.6. The van der Waals surface area contributed by atoms with Crippen molar-refractivity contribution in [3.63, 3.8) is 0 Å². The van der Waals surface area contributed by atoms with E-state index in [2.05, 4.69) is 5.32 Å². The molecule has 7 heteroatoms. The second kappa shape index (κ2) is 9.35. The van der Waals surface area contributed by atoms with E-state index in [0.717, 1.165) is 0 Å². The number of anilines is 1. The first-order valence-corrected chi connectivity index (χ1v) is 10.7. The lowest BCUT2D eigenvalue weighted by molar-refractivity contribution is -0.119. The highest BCUT2D eigenvalue weighted by atomic mass is 35.5. The number of benzene rings is 2. The lowest BCUT2D eigenvalue weighted by Gasteiger charge is -2.21. The Labute approximate surface area is 166 Å². The third-order valence-corrected chi connectivity index (χ3v) is 7.07. The molecule has 0 aliphatic carbocycles. The maximum Gasteiger partial charge on any atom is 0.338 e. The van der Waals surface area contributed by atoms with Crippen LogP contribution in [0.15, 0.2) is 48.5 Å². The summed E-state index contributed by atoms with van der Waals surface area (Å²) >= 11 is 9.84. The second-order valence-corrected chi connectivity index (χ2v) is 8.78. The molecule has 1 aliphatic rings. The summed E-state index contributed by atoms with van der Waals surface area (Å²) in [6.07, 6.45) is 1.24. The molecular formula is C19H18ClNO3S2. The zero-order chi connectivity index (χ0) is 18.4. The normalized spacial score (nSPS) is 14.7. The predicted molar refractivity (Wildman–Crippen MR) is 109 cm³/mol. The minimum atomic E-state index is -0.519. The Bertz CT molecular complexity index is 777. The number of rotatable bonds is 5. The highest BCUT2D eigenvalue weighted by Gasteiger charge is 2.17. The van der Waals surface area contributed by atoms with Crippen LogP contribution in [-0.2, 0) is 9.53 Å². The van der Waals surface area contributed by atoms with Crippen LogP contribution in [0.2, 0.25) is 5.02 Å². The van der Waals surface area contributed by atoms with Crippen molar-refractivity contribution in [2.45, 2.75) is 11.0 Å². The molecule has 0 aromatic heterocycles. The number of nitrogens with one attached hydrogen (secondary N) is 1. The Balaban J connectivity index is 1.51. The summed E-state index contributed by atoms with van der Waals surface area (Å²) in [5, 5.41) is 3.05. The van der Waals surface area contributed by atoms with Gasteiger partial charge in [-0.25, -0.2) is 4.79 Å². The topological polar surface area (TPSA) is 55.4 Å². The Hall–Kier alpha value is -1.63. The van der Waals surface area contributed by atoms with Gasteiger partial charge in [-0.2, -0.15) is 0 Å². The van der Waals surface area contributed by atoms with Gasteiger partial charge in [0.05, 0.1) is 20.9 Å². The van der Waals surface area contributed by atoms with E-state index in [1.165, 1.54) is 23.5 Å². The van der Waals surface area contributed by atoms with E-state index >= 15 is 0 Å². The largest absolute Gasteiger partial charge is 0.452 e. The molecule has 136 valence electrons. The van der Waals surface area contributed by atoms with Crippen molar-refractivity contribution < 1.29 is 14.3 Å². The zero-order valence-electron chi connectivity index (χ0n) is 13.9. The van der Waals surface area contributed by atoms with Crippen LogP contribution in [-0.4, -0.2) is 30.0 Å². The molecule has 0 saturated carbocycles. The Morgan fingerprint density at radius 3 is 2.46 bits per heavy atom. The van der Waals surface area contributed by atoms with E-state index in [-0.39, 0.29) is 6.61 Å². The molecule has 3 rings (SSSR count). The molecule has 4 nitrogen and oxygen atoms in total. The van der Waals surface area contributed by atoms with E-state index in [1.807, 2.05) is 35.7 Å². The first kappa shape index (κ1) is 19.1. The van der Waals surface area contributed by atoms with Crippen molar-refractivity contribution in [1.29, 1.82) is 0 Å². The maximum absolute atomic E-state index is 12.1. The first-order valence-electron chi connectivity index (χ1n) is 8.18. The van der Waals surface area contributed by atoms with E-state index in [1.54, 1.807) is 36.4 Å². The Morgan fingerprint density at radius 2 is 1.77 bits per heavy atom. The third kappa shape index (κ3) is 5.19. The van der Waals surface area contributed by atoms with Crippen LogP contribution in [0.5, 0.6) is 0 Å². The molecule has 0 atom stereocenters. The van der Waals surface area contributed by atoms with Crippen molar-refractivity contribution in [2.75, 3.05) is 23.4 Å². The summed E-state index contributed by atoms with van der Waals surface area (Å²) in [5.41, 5.74) is 2.12. The number of halogens is 1. The van der Waals surface area contributed by atoms with Crippen molar-refractivity contribution in [3.05, 3.63) is 64.7 Å². The van der Waals surface area contributed by atoms with E-state index in [0.29, 0.717) is 20.9 Å². The van der Waals surface area contributed by atoms with E-state index in [4.69, 9.17) is 16.3 Å². The maximum atomic E-state index is 12.1. The van der Waals surface area contributed by atoms with Gasteiger partial charge in [0.2, 0.25) is 0 Å². The fourth-order valence-electron chi connectivity index (χ4n) is 2.42. The molecule has 0 bridgehead atoms. The molecule has 1 heterocycles. The molecule has 1 fully saturated rings. The molecule has 2 aromatic carbocycles. The van der Waals surface area contributed by atoms with Crippen LogP contribution in [0, 0.1) is 0 Å². The van der Waals surface area contributed by atoms with Crippen LogP contribution in [0.4, 0.5) is 5.69 Å². The van der Waals surface area contributed by atoms with E-state index in [9.17, 15) is 9.59 Å². The molecule has 0 spiro atoms. The standard InChI is InChI=1S/C19H18ClNO3S2/c20-15-4-1-2-5-16(15)21-17(22)12-24-18(23)13-6-8-14(9-7-13)19-25-10-3-11-26-19/h1-2,4-9,19H,3,10-12H2,(H,21,22). The molecule has 1 amide bonds. The monoisotopic (exact) mass is 407 g/mol. The van der Waals surface area contributed by atoms with E-state index < -0.39 is 11.9 Å². The Kier molecular flexibility index (Phi) is 6.88. The van der Waals surface area contributed by atoms with Crippen LogP contribution >= 0.6 is 35.1 Å². The SMILES string of the molecule is O=C(COC(=O)c1ccc(C2SCCCS2)cc1)Nc1ccccc1Cl. The summed E-state index contributed by atoms with van der Waals surface area (Å²) in [7, 11) is 0.